The number of thiophene rings is 1. The van der Waals surface area contributed by atoms with Crippen LogP contribution in [0.15, 0.2) is 54.1 Å². The van der Waals surface area contributed by atoms with E-state index in [1.807, 2.05) is 48.7 Å². The Morgan fingerprint density at radius 2 is 2.00 bits per heavy atom. The Bertz CT molecular complexity index is 1040. The van der Waals surface area contributed by atoms with E-state index >= 15 is 0 Å². The summed E-state index contributed by atoms with van der Waals surface area (Å²) in [7, 11) is 0. The summed E-state index contributed by atoms with van der Waals surface area (Å²) in [6.07, 6.45) is 4.42. The van der Waals surface area contributed by atoms with Gasteiger partial charge in [-0.2, -0.15) is 5.10 Å². The molecule has 0 aliphatic carbocycles. The number of hydrogen-bond donors (Lipinski definition) is 3. The van der Waals surface area contributed by atoms with Crippen molar-refractivity contribution in [2.24, 2.45) is 5.73 Å². The second kappa shape index (κ2) is 8.59. The van der Waals surface area contributed by atoms with Crippen molar-refractivity contribution >= 4 is 52.4 Å². The molecule has 3 aromatic rings. The number of thiocarbonyl (C=S) groups is 1. The van der Waals surface area contributed by atoms with Crippen LogP contribution in [-0.4, -0.2) is 26.7 Å². The molecule has 2 heterocycles. The van der Waals surface area contributed by atoms with Gasteiger partial charge in [0, 0.05) is 11.0 Å². The van der Waals surface area contributed by atoms with Crippen LogP contribution in [-0.2, 0) is 4.79 Å². The molecule has 0 aliphatic heterocycles. The Hall–Kier alpha value is -3.30. The SMILES string of the molecule is Cc1ccc(-n2ncc(C(N)=O)c2NC(=S)NC(=O)C=Cc2cccs2)cc1. The Labute approximate surface area is 170 Å². The molecule has 0 saturated carbocycles. The van der Waals surface area contributed by atoms with Gasteiger partial charge in [-0.05, 0) is 48.8 Å². The molecule has 0 fully saturated rings. The van der Waals surface area contributed by atoms with Gasteiger partial charge in [-0.1, -0.05) is 23.8 Å². The van der Waals surface area contributed by atoms with E-state index in [2.05, 4.69) is 15.7 Å². The maximum absolute atomic E-state index is 12.1. The highest BCUT2D eigenvalue weighted by Crippen LogP contribution is 2.20. The number of aryl methyl sites for hydroxylation is 1. The minimum atomic E-state index is -0.660. The standard InChI is InChI=1S/C19H17N5O2S2/c1-12-4-6-13(7-5-12)24-18(15(11-21-24)17(20)26)23-19(27)22-16(25)9-8-14-3-2-10-28-14/h2-11H,1H3,(H2,20,26)(H2,22,23,25,27). The van der Waals surface area contributed by atoms with Crippen molar-refractivity contribution in [1.29, 1.82) is 0 Å². The van der Waals surface area contributed by atoms with Gasteiger partial charge >= 0.3 is 0 Å². The molecule has 7 nitrogen and oxygen atoms in total. The number of nitrogens with zero attached hydrogens (tertiary/aromatic N) is 2. The third-order valence-electron chi connectivity index (χ3n) is 3.72. The fourth-order valence-electron chi connectivity index (χ4n) is 2.37. The summed E-state index contributed by atoms with van der Waals surface area (Å²) in [5.74, 6) is -0.774. The second-order valence-electron chi connectivity index (χ2n) is 5.81. The highest BCUT2D eigenvalue weighted by Gasteiger charge is 2.18. The maximum Gasteiger partial charge on any atom is 0.254 e. The summed E-state index contributed by atoms with van der Waals surface area (Å²) in [5, 5.41) is 11.5. The van der Waals surface area contributed by atoms with E-state index in [-0.39, 0.29) is 16.5 Å². The van der Waals surface area contributed by atoms with Gasteiger partial charge in [0.1, 0.15) is 11.4 Å². The number of nitrogens with one attached hydrogen (secondary N) is 2. The first-order valence-corrected chi connectivity index (χ1v) is 9.51. The fraction of sp³-hybridized carbons (Fsp3) is 0.0526. The molecule has 0 saturated heterocycles. The number of rotatable bonds is 5. The molecule has 3 rings (SSSR count). The molecular weight excluding hydrogens is 394 g/mol. The lowest BCUT2D eigenvalue weighted by Gasteiger charge is -2.12. The molecule has 2 amide bonds. The summed E-state index contributed by atoms with van der Waals surface area (Å²) < 4.78 is 1.50. The third-order valence-corrected chi connectivity index (χ3v) is 4.77. The molecule has 28 heavy (non-hydrogen) atoms. The van der Waals surface area contributed by atoms with Gasteiger partial charge in [0.15, 0.2) is 5.11 Å². The monoisotopic (exact) mass is 411 g/mol. The number of carbonyl (C=O) groups excluding carboxylic acids is 2. The van der Waals surface area contributed by atoms with Crippen LogP contribution in [0.3, 0.4) is 0 Å². The van der Waals surface area contributed by atoms with Crippen LogP contribution in [0.2, 0.25) is 0 Å². The van der Waals surface area contributed by atoms with Crippen LogP contribution in [0.5, 0.6) is 0 Å². The molecule has 0 radical (unpaired) electrons. The van der Waals surface area contributed by atoms with E-state index in [0.717, 1.165) is 10.4 Å². The fourth-order valence-corrected chi connectivity index (χ4v) is 3.18. The van der Waals surface area contributed by atoms with Gasteiger partial charge in [0.05, 0.1) is 11.9 Å². The van der Waals surface area contributed by atoms with Crippen molar-refractivity contribution in [3.63, 3.8) is 0 Å². The lowest BCUT2D eigenvalue weighted by Crippen LogP contribution is -2.34. The first-order chi connectivity index (χ1) is 13.4. The van der Waals surface area contributed by atoms with Crippen molar-refractivity contribution in [2.45, 2.75) is 6.92 Å². The summed E-state index contributed by atoms with van der Waals surface area (Å²) in [6, 6.07) is 11.3. The van der Waals surface area contributed by atoms with Crippen molar-refractivity contribution < 1.29 is 9.59 Å². The predicted molar refractivity (Wildman–Crippen MR) is 115 cm³/mol. The molecule has 2 aromatic heterocycles. The second-order valence-corrected chi connectivity index (χ2v) is 7.20. The Morgan fingerprint density at radius 1 is 1.25 bits per heavy atom. The zero-order valence-electron chi connectivity index (χ0n) is 14.9. The Morgan fingerprint density at radius 3 is 2.64 bits per heavy atom. The summed E-state index contributed by atoms with van der Waals surface area (Å²) in [4.78, 5) is 24.7. The molecule has 0 unspecified atom stereocenters. The van der Waals surface area contributed by atoms with Gasteiger partial charge in [-0.25, -0.2) is 4.68 Å². The summed E-state index contributed by atoms with van der Waals surface area (Å²) in [6.45, 7) is 1.97. The molecule has 0 bridgehead atoms. The first-order valence-electron chi connectivity index (χ1n) is 8.22. The average Bonchev–Trinajstić information content (AvgIpc) is 3.30. The normalized spacial score (nSPS) is 10.8. The van der Waals surface area contributed by atoms with Gasteiger partial charge < -0.3 is 11.1 Å². The van der Waals surface area contributed by atoms with E-state index in [1.54, 1.807) is 6.08 Å². The zero-order valence-corrected chi connectivity index (χ0v) is 16.5. The molecule has 0 atom stereocenters. The molecule has 142 valence electrons. The maximum atomic E-state index is 12.1. The molecule has 0 aliphatic rings. The number of carbonyl (C=O) groups is 2. The Kier molecular flexibility index (Phi) is 5.97. The largest absolute Gasteiger partial charge is 0.365 e. The number of anilines is 1. The van der Waals surface area contributed by atoms with Crippen molar-refractivity contribution in [2.75, 3.05) is 5.32 Å². The van der Waals surface area contributed by atoms with Gasteiger partial charge in [-0.15, -0.1) is 11.3 Å². The number of benzene rings is 1. The van der Waals surface area contributed by atoms with E-state index in [1.165, 1.54) is 28.3 Å². The Balaban J connectivity index is 1.77. The van der Waals surface area contributed by atoms with Gasteiger partial charge in [0.2, 0.25) is 5.91 Å². The minimum Gasteiger partial charge on any atom is -0.365 e. The van der Waals surface area contributed by atoms with Crippen LogP contribution in [0, 0.1) is 6.92 Å². The first kappa shape index (κ1) is 19.5. The quantitative estimate of drug-likeness (QED) is 0.443. The average molecular weight is 412 g/mol. The van der Waals surface area contributed by atoms with Crippen molar-refractivity contribution in [3.8, 4) is 5.69 Å². The lowest BCUT2D eigenvalue weighted by molar-refractivity contribution is -0.115. The van der Waals surface area contributed by atoms with Crippen LogP contribution in [0.1, 0.15) is 20.8 Å². The van der Waals surface area contributed by atoms with E-state index < -0.39 is 11.8 Å². The number of primary amides is 1. The van der Waals surface area contributed by atoms with E-state index in [9.17, 15) is 9.59 Å². The number of nitrogens with two attached hydrogens (primary N) is 1. The number of hydrogen-bond acceptors (Lipinski definition) is 5. The van der Waals surface area contributed by atoms with Gasteiger partial charge in [-0.3, -0.25) is 14.9 Å². The minimum absolute atomic E-state index is 0.0252. The van der Waals surface area contributed by atoms with Gasteiger partial charge in [0.25, 0.3) is 5.91 Å². The number of amides is 2. The molecule has 4 N–H and O–H groups in total. The van der Waals surface area contributed by atoms with Crippen LogP contribution in [0.4, 0.5) is 5.82 Å². The molecule has 9 heteroatoms. The van der Waals surface area contributed by atoms with Crippen LogP contribution >= 0.6 is 23.6 Å². The third kappa shape index (κ3) is 4.70. The summed E-state index contributed by atoms with van der Waals surface area (Å²) >= 11 is 6.72. The smallest absolute Gasteiger partial charge is 0.254 e. The van der Waals surface area contributed by atoms with E-state index in [4.69, 9.17) is 18.0 Å². The summed E-state index contributed by atoms with van der Waals surface area (Å²) in [5.41, 5.74) is 7.39. The molecule has 0 spiro atoms. The predicted octanol–water partition coefficient (Wildman–Crippen LogP) is 2.87. The van der Waals surface area contributed by atoms with Crippen LogP contribution < -0.4 is 16.4 Å². The van der Waals surface area contributed by atoms with Crippen LogP contribution in [0.25, 0.3) is 11.8 Å². The lowest BCUT2D eigenvalue weighted by atomic mass is 10.2. The highest BCUT2D eigenvalue weighted by atomic mass is 32.1. The van der Waals surface area contributed by atoms with E-state index in [0.29, 0.717) is 5.69 Å². The topological polar surface area (TPSA) is 102 Å². The van der Waals surface area contributed by atoms with Crippen molar-refractivity contribution in [1.82, 2.24) is 15.1 Å². The number of aromatic nitrogens is 2. The highest BCUT2D eigenvalue weighted by molar-refractivity contribution is 7.80. The molecule has 1 aromatic carbocycles. The van der Waals surface area contributed by atoms with Crippen molar-refractivity contribution in [3.05, 3.63) is 70.1 Å². The molecular formula is C19H17N5O2S2. The zero-order chi connectivity index (χ0) is 20.1.